The summed E-state index contributed by atoms with van der Waals surface area (Å²) < 4.78 is 26.4. The molecule has 0 radical (unpaired) electrons. The second-order valence-electron chi connectivity index (χ2n) is 4.29. The topological polar surface area (TPSA) is 38.9 Å². The lowest BCUT2D eigenvalue weighted by Gasteiger charge is -2.10. The molecule has 1 aromatic heterocycles. The Hall–Kier alpha value is -1.33. The number of benzene rings is 1. The summed E-state index contributed by atoms with van der Waals surface area (Å²) in [6.07, 6.45) is 0.886. The number of thiazole rings is 1. The minimum Gasteiger partial charge on any atom is -0.327 e. The highest BCUT2D eigenvalue weighted by Gasteiger charge is 2.11. The SMILES string of the molecule is Cc1csc(CC(N)Cc2cc(F)ccc2F)n1. The van der Waals surface area contributed by atoms with Gasteiger partial charge >= 0.3 is 0 Å². The van der Waals surface area contributed by atoms with Crippen molar-refractivity contribution in [3.05, 3.63) is 51.5 Å². The molecule has 1 aromatic carbocycles. The van der Waals surface area contributed by atoms with Crippen molar-refractivity contribution in [1.82, 2.24) is 4.98 Å². The average molecular weight is 268 g/mol. The molecule has 2 aromatic rings. The molecule has 0 saturated carbocycles. The molecular formula is C13H14F2N2S. The van der Waals surface area contributed by atoms with Crippen molar-refractivity contribution in [3.8, 4) is 0 Å². The molecule has 2 nitrogen and oxygen atoms in total. The van der Waals surface area contributed by atoms with E-state index in [1.807, 2.05) is 12.3 Å². The Labute approximate surface area is 108 Å². The van der Waals surface area contributed by atoms with Crippen molar-refractivity contribution in [3.63, 3.8) is 0 Å². The van der Waals surface area contributed by atoms with E-state index in [1.54, 1.807) is 0 Å². The van der Waals surface area contributed by atoms with E-state index in [0.29, 0.717) is 18.4 Å². The summed E-state index contributed by atoms with van der Waals surface area (Å²) in [5.74, 6) is -0.856. The number of hydrogen-bond donors (Lipinski definition) is 1. The van der Waals surface area contributed by atoms with Crippen molar-refractivity contribution >= 4 is 11.3 Å². The zero-order valence-electron chi connectivity index (χ0n) is 9.99. The van der Waals surface area contributed by atoms with Gasteiger partial charge in [0.2, 0.25) is 0 Å². The predicted octanol–water partition coefficient (Wildman–Crippen LogP) is 2.84. The molecule has 1 unspecified atom stereocenters. The molecular weight excluding hydrogens is 254 g/mol. The molecule has 5 heteroatoms. The zero-order valence-corrected chi connectivity index (χ0v) is 10.8. The van der Waals surface area contributed by atoms with Gasteiger partial charge in [-0.2, -0.15) is 0 Å². The van der Waals surface area contributed by atoms with Crippen LogP contribution in [0.25, 0.3) is 0 Å². The first-order valence-electron chi connectivity index (χ1n) is 5.65. The highest BCUT2D eigenvalue weighted by Crippen LogP contribution is 2.15. The Morgan fingerprint density at radius 3 is 2.78 bits per heavy atom. The number of rotatable bonds is 4. The third-order valence-electron chi connectivity index (χ3n) is 2.59. The minimum atomic E-state index is -0.441. The maximum atomic E-state index is 13.4. The molecule has 0 saturated heterocycles. The second-order valence-corrected chi connectivity index (χ2v) is 5.23. The number of nitrogens with two attached hydrogens (primary N) is 1. The van der Waals surface area contributed by atoms with Gasteiger partial charge in [-0.25, -0.2) is 13.8 Å². The van der Waals surface area contributed by atoms with Crippen molar-refractivity contribution < 1.29 is 8.78 Å². The smallest absolute Gasteiger partial charge is 0.126 e. The first-order chi connectivity index (χ1) is 8.54. The second kappa shape index (κ2) is 5.54. The highest BCUT2D eigenvalue weighted by atomic mass is 32.1. The van der Waals surface area contributed by atoms with Crippen LogP contribution in [0.3, 0.4) is 0 Å². The summed E-state index contributed by atoms with van der Waals surface area (Å²) >= 11 is 1.54. The van der Waals surface area contributed by atoms with Gasteiger partial charge in [0.15, 0.2) is 0 Å². The molecule has 0 aliphatic heterocycles. The summed E-state index contributed by atoms with van der Waals surface area (Å²) in [6, 6.07) is 3.17. The minimum absolute atomic E-state index is 0.258. The lowest BCUT2D eigenvalue weighted by molar-refractivity contribution is 0.566. The van der Waals surface area contributed by atoms with Crippen LogP contribution in [0.2, 0.25) is 0 Å². The molecule has 0 fully saturated rings. The summed E-state index contributed by atoms with van der Waals surface area (Å²) in [5, 5.41) is 2.88. The first-order valence-corrected chi connectivity index (χ1v) is 6.53. The molecule has 0 aliphatic carbocycles. The van der Waals surface area contributed by atoms with E-state index in [1.165, 1.54) is 17.4 Å². The largest absolute Gasteiger partial charge is 0.327 e. The molecule has 1 heterocycles. The maximum Gasteiger partial charge on any atom is 0.126 e. The van der Waals surface area contributed by atoms with E-state index in [4.69, 9.17) is 5.73 Å². The van der Waals surface area contributed by atoms with Gasteiger partial charge in [0, 0.05) is 23.5 Å². The Kier molecular flexibility index (Phi) is 4.04. The van der Waals surface area contributed by atoms with Crippen molar-refractivity contribution in [2.45, 2.75) is 25.8 Å². The molecule has 1 atom stereocenters. The van der Waals surface area contributed by atoms with Crippen molar-refractivity contribution in [1.29, 1.82) is 0 Å². The summed E-state index contributed by atoms with van der Waals surface area (Å²) in [7, 11) is 0. The van der Waals surface area contributed by atoms with E-state index in [-0.39, 0.29) is 6.04 Å². The molecule has 0 aliphatic rings. The van der Waals surface area contributed by atoms with Gasteiger partial charge in [0.1, 0.15) is 11.6 Å². The van der Waals surface area contributed by atoms with Crippen molar-refractivity contribution in [2.24, 2.45) is 5.73 Å². The maximum absolute atomic E-state index is 13.4. The average Bonchev–Trinajstić information content (AvgIpc) is 2.69. The summed E-state index contributed by atoms with van der Waals surface area (Å²) in [5.41, 5.74) is 7.22. The zero-order chi connectivity index (χ0) is 13.1. The van der Waals surface area contributed by atoms with Crippen LogP contribution in [0.15, 0.2) is 23.6 Å². The number of aromatic nitrogens is 1. The molecule has 2 N–H and O–H groups in total. The lowest BCUT2D eigenvalue weighted by atomic mass is 10.0. The molecule has 0 amide bonds. The monoisotopic (exact) mass is 268 g/mol. The Morgan fingerprint density at radius 2 is 2.11 bits per heavy atom. The van der Waals surface area contributed by atoms with Gasteiger partial charge in [0.05, 0.1) is 5.01 Å². The van der Waals surface area contributed by atoms with Crippen LogP contribution in [0, 0.1) is 18.6 Å². The van der Waals surface area contributed by atoms with Crippen LogP contribution in [0.1, 0.15) is 16.3 Å². The van der Waals surface area contributed by atoms with Gasteiger partial charge in [-0.05, 0) is 37.1 Å². The first kappa shape index (κ1) is 13.1. The highest BCUT2D eigenvalue weighted by molar-refractivity contribution is 7.09. The van der Waals surface area contributed by atoms with Crippen LogP contribution < -0.4 is 5.73 Å². The number of nitrogens with zero attached hydrogens (tertiary/aromatic N) is 1. The Balaban J connectivity index is 2.02. The van der Waals surface area contributed by atoms with Crippen LogP contribution in [-0.2, 0) is 12.8 Å². The van der Waals surface area contributed by atoms with Gasteiger partial charge in [0.25, 0.3) is 0 Å². The van der Waals surface area contributed by atoms with Gasteiger partial charge in [-0.1, -0.05) is 0 Å². The fourth-order valence-corrected chi connectivity index (χ4v) is 2.64. The van der Waals surface area contributed by atoms with E-state index in [0.717, 1.165) is 22.8 Å². The fourth-order valence-electron chi connectivity index (χ4n) is 1.78. The van der Waals surface area contributed by atoms with Crippen LogP contribution >= 0.6 is 11.3 Å². The normalized spacial score (nSPS) is 12.7. The summed E-state index contributed by atoms with van der Waals surface area (Å²) in [6.45, 7) is 1.91. The number of halogens is 2. The van der Waals surface area contributed by atoms with Gasteiger partial charge in [-0.3, -0.25) is 0 Å². The van der Waals surface area contributed by atoms with E-state index < -0.39 is 11.6 Å². The summed E-state index contributed by atoms with van der Waals surface area (Å²) in [4.78, 5) is 4.30. The van der Waals surface area contributed by atoms with Crippen LogP contribution in [0.4, 0.5) is 8.78 Å². The number of aryl methyl sites for hydroxylation is 1. The van der Waals surface area contributed by atoms with E-state index in [2.05, 4.69) is 4.98 Å². The van der Waals surface area contributed by atoms with Crippen LogP contribution in [0.5, 0.6) is 0 Å². The van der Waals surface area contributed by atoms with Gasteiger partial charge in [-0.15, -0.1) is 11.3 Å². The standard InChI is InChI=1S/C13H14F2N2S/c1-8-7-18-13(17-8)6-11(16)5-9-4-10(14)2-3-12(9)15/h2-4,7,11H,5-6,16H2,1H3. The third kappa shape index (κ3) is 3.34. The molecule has 18 heavy (non-hydrogen) atoms. The Bertz CT molecular complexity index is 540. The Morgan fingerprint density at radius 1 is 1.33 bits per heavy atom. The van der Waals surface area contributed by atoms with Crippen LogP contribution in [-0.4, -0.2) is 11.0 Å². The molecule has 96 valence electrons. The number of hydrogen-bond acceptors (Lipinski definition) is 3. The third-order valence-corrected chi connectivity index (χ3v) is 3.58. The van der Waals surface area contributed by atoms with E-state index in [9.17, 15) is 8.78 Å². The molecule has 2 rings (SSSR count). The predicted molar refractivity (Wildman–Crippen MR) is 68.6 cm³/mol. The lowest BCUT2D eigenvalue weighted by Crippen LogP contribution is -2.26. The molecule has 0 spiro atoms. The van der Waals surface area contributed by atoms with Crippen molar-refractivity contribution in [2.75, 3.05) is 0 Å². The van der Waals surface area contributed by atoms with E-state index >= 15 is 0 Å². The quantitative estimate of drug-likeness (QED) is 0.926. The van der Waals surface area contributed by atoms with Gasteiger partial charge < -0.3 is 5.73 Å². The fraction of sp³-hybridized carbons (Fsp3) is 0.308. The molecule has 0 bridgehead atoms.